The molecule has 0 spiro atoms. The number of ether oxygens (including phenoxy) is 1. The molecule has 6 heteroatoms. The van der Waals surface area contributed by atoms with Crippen molar-refractivity contribution in [2.45, 2.75) is 51.6 Å². The maximum atomic E-state index is 12.3. The molecule has 0 saturated heterocycles. The molecule has 0 aromatic heterocycles. The third kappa shape index (κ3) is 6.95. The summed E-state index contributed by atoms with van der Waals surface area (Å²) in [5, 5.41) is 7.45. The lowest BCUT2D eigenvalue weighted by Crippen LogP contribution is -2.39. The highest BCUT2D eigenvalue weighted by Gasteiger charge is 2.18. The van der Waals surface area contributed by atoms with Crippen LogP contribution in [0.1, 0.15) is 44.6 Å². The molecule has 3 rings (SSSR count). The second-order valence-electron chi connectivity index (χ2n) is 7.87. The summed E-state index contributed by atoms with van der Waals surface area (Å²) in [5.74, 6) is -1.23. The summed E-state index contributed by atoms with van der Waals surface area (Å²) in [5.41, 5.74) is 2.27. The first-order chi connectivity index (χ1) is 15.0. The Bertz CT molecular complexity index is 962. The van der Waals surface area contributed by atoms with Crippen molar-refractivity contribution in [1.82, 2.24) is 10.6 Å². The lowest BCUT2D eigenvalue weighted by atomic mass is 9.97. The quantitative estimate of drug-likeness (QED) is 0.479. The Labute approximate surface area is 183 Å². The molecule has 1 aliphatic carbocycles. The van der Waals surface area contributed by atoms with Crippen LogP contribution in [0.15, 0.2) is 54.1 Å². The van der Waals surface area contributed by atoms with Crippen LogP contribution in [0.3, 0.4) is 0 Å². The molecule has 2 amide bonds. The minimum absolute atomic E-state index is 0.167. The van der Waals surface area contributed by atoms with E-state index in [0.717, 1.165) is 35.6 Å². The summed E-state index contributed by atoms with van der Waals surface area (Å²) in [6.45, 7) is 1.80. The lowest BCUT2D eigenvalue weighted by molar-refractivity contribution is -0.154. The van der Waals surface area contributed by atoms with E-state index in [4.69, 9.17) is 4.74 Å². The summed E-state index contributed by atoms with van der Waals surface area (Å²) in [4.78, 5) is 36.4. The van der Waals surface area contributed by atoms with Crippen molar-refractivity contribution in [1.29, 1.82) is 0 Å². The summed E-state index contributed by atoms with van der Waals surface area (Å²) >= 11 is 0. The van der Waals surface area contributed by atoms with Gasteiger partial charge in [-0.25, -0.2) is 0 Å². The molecule has 1 aliphatic rings. The molecule has 0 radical (unpaired) electrons. The molecule has 0 heterocycles. The van der Waals surface area contributed by atoms with Gasteiger partial charge in [-0.15, -0.1) is 0 Å². The molecule has 0 bridgehead atoms. The number of fused-ring (bicyclic) bond motifs is 1. The zero-order chi connectivity index (χ0) is 22.1. The fourth-order valence-corrected chi connectivity index (χ4v) is 3.77. The van der Waals surface area contributed by atoms with Gasteiger partial charge in [0.2, 0.25) is 5.91 Å². The molecule has 0 saturated carbocycles. The first-order valence-electron chi connectivity index (χ1n) is 10.9. The first-order valence-corrected chi connectivity index (χ1v) is 10.9. The number of hydrogen-bond acceptors (Lipinski definition) is 4. The minimum atomic E-state index is -0.900. The number of allylic oxidation sites excluding steroid dienone is 1. The van der Waals surface area contributed by atoms with E-state index in [1.54, 1.807) is 0 Å². The molecule has 6 nitrogen and oxygen atoms in total. The number of benzene rings is 2. The zero-order valence-electron chi connectivity index (χ0n) is 18.0. The molecule has 2 N–H and O–H groups in total. The molecule has 0 unspecified atom stereocenters. The van der Waals surface area contributed by atoms with Crippen LogP contribution in [0.5, 0.6) is 0 Å². The van der Waals surface area contributed by atoms with Crippen LogP contribution in [-0.4, -0.2) is 37.0 Å². The van der Waals surface area contributed by atoms with E-state index in [9.17, 15) is 14.4 Å². The van der Waals surface area contributed by atoms with Crippen molar-refractivity contribution in [3.63, 3.8) is 0 Å². The Balaban J connectivity index is 1.38. The maximum absolute atomic E-state index is 12.3. The van der Waals surface area contributed by atoms with Gasteiger partial charge in [0, 0.05) is 6.54 Å². The van der Waals surface area contributed by atoms with E-state index >= 15 is 0 Å². The van der Waals surface area contributed by atoms with Crippen LogP contribution in [0.4, 0.5) is 0 Å². The number of carbonyl (C=O) groups excluding carboxylic acids is 3. The zero-order valence-corrected chi connectivity index (χ0v) is 18.0. The third-order valence-electron chi connectivity index (χ3n) is 5.47. The highest BCUT2D eigenvalue weighted by Crippen LogP contribution is 2.20. The third-order valence-corrected chi connectivity index (χ3v) is 5.47. The van der Waals surface area contributed by atoms with Crippen molar-refractivity contribution in [2.75, 3.05) is 13.1 Å². The van der Waals surface area contributed by atoms with Gasteiger partial charge in [-0.2, -0.15) is 0 Å². The topological polar surface area (TPSA) is 84.5 Å². The van der Waals surface area contributed by atoms with Crippen LogP contribution < -0.4 is 10.6 Å². The van der Waals surface area contributed by atoms with Gasteiger partial charge in [0.05, 0.1) is 6.42 Å². The Morgan fingerprint density at radius 3 is 2.65 bits per heavy atom. The fourth-order valence-electron chi connectivity index (χ4n) is 3.77. The molecular formula is C25H30N2O4. The van der Waals surface area contributed by atoms with E-state index in [0.29, 0.717) is 6.54 Å². The number of rotatable bonds is 9. The van der Waals surface area contributed by atoms with E-state index < -0.39 is 12.1 Å². The van der Waals surface area contributed by atoms with Gasteiger partial charge in [0.15, 0.2) is 6.10 Å². The summed E-state index contributed by atoms with van der Waals surface area (Å²) < 4.78 is 5.15. The van der Waals surface area contributed by atoms with Crippen molar-refractivity contribution in [3.8, 4) is 0 Å². The van der Waals surface area contributed by atoms with Crippen molar-refractivity contribution in [3.05, 3.63) is 59.7 Å². The molecular weight excluding hydrogens is 392 g/mol. The highest BCUT2D eigenvalue weighted by atomic mass is 16.5. The van der Waals surface area contributed by atoms with Crippen LogP contribution in [0.25, 0.3) is 10.8 Å². The average molecular weight is 423 g/mol. The number of nitrogens with one attached hydrogen (secondary N) is 2. The molecule has 31 heavy (non-hydrogen) atoms. The predicted molar refractivity (Wildman–Crippen MR) is 120 cm³/mol. The lowest BCUT2D eigenvalue weighted by Gasteiger charge is -2.16. The Kier molecular flexibility index (Phi) is 8.21. The Hall–Kier alpha value is -3.15. The van der Waals surface area contributed by atoms with E-state index in [-0.39, 0.29) is 24.8 Å². The fraction of sp³-hybridized carbons (Fsp3) is 0.400. The predicted octanol–water partition coefficient (Wildman–Crippen LogP) is 3.44. The van der Waals surface area contributed by atoms with E-state index in [1.165, 1.54) is 25.3 Å². The number of carbonyl (C=O) groups is 3. The molecule has 2 aromatic carbocycles. The summed E-state index contributed by atoms with van der Waals surface area (Å²) in [7, 11) is 0. The Morgan fingerprint density at radius 1 is 1.03 bits per heavy atom. The van der Waals surface area contributed by atoms with Crippen LogP contribution in [0.2, 0.25) is 0 Å². The van der Waals surface area contributed by atoms with Gasteiger partial charge in [-0.3, -0.25) is 14.4 Å². The molecule has 0 aliphatic heterocycles. The standard InChI is InChI=1S/C25H30N2O4/c1-18(25(30)26-15-14-19-8-3-2-4-9-19)31-24(29)17-27-23(28)16-21-12-7-11-20-10-5-6-13-22(20)21/h5-8,10-13,18H,2-4,9,14-17H2,1H3,(H,26,30)(H,27,28)/t18-/m0/s1. The van der Waals surface area contributed by atoms with Gasteiger partial charge in [0.1, 0.15) is 6.54 Å². The largest absolute Gasteiger partial charge is 0.451 e. The highest BCUT2D eigenvalue weighted by molar-refractivity contribution is 5.91. The van der Waals surface area contributed by atoms with Crippen molar-refractivity contribution in [2.24, 2.45) is 0 Å². The van der Waals surface area contributed by atoms with Crippen LogP contribution >= 0.6 is 0 Å². The molecule has 2 aromatic rings. The smallest absolute Gasteiger partial charge is 0.326 e. The van der Waals surface area contributed by atoms with Gasteiger partial charge in [-0.1, -0.05) is 54.1 Å². The first kappa shape index (κ1) is 22.5. The summed E-state index contributed by atoms with van der Waals surface area (Å²) in [6.07, 6.45) is 7.00. The Morgan fingerprint density at radius 2 is 1.84 bits per heavy atom. The second kappa shape index (κ2) is 11.3. The normalized spacial score (nSPS) is 14.4. The number of hydrogen-bond donors (Lipinski definition) is 2. The van der Waals surface area contributed by atoms with E-state index in [1.807, 2.05) is 42.5 Å². The van der Waals surface area contributed by atoms with Gasteiger partial charge < -0.3 is 15.4 Å². The van der Waals surface area contributed by atoms with E-state index in [2.05, 4.69) is 16.7 Å². The van der Waals surface area contributed by atoms with Gasteiger partial charge in [-0.05, 0) is 55.4 Å². The van der Waals surface area contributed by atoms with Crippen molar-refractivity contribution < 1.29 is 19.1 Å². The molecule has 164 valence electrons. The number of amides is 2. The maximum Gasteiger partial charge on any atom is 0.326 e. The van der Waals surface area contributed by atoms with Gasteiger partial charge >= 0.3 is 5.97 Å². The average Bonchev–Trinajstić information content (AvgIpc) is 2.78. The van der Waals surface area contributed by atoms with Crippen molar-refractivity contribution >= 4 is 28.6 Å². The summed E-state index contributed by atoms with van der Waals surface area (Å²) in [6, 6.07) is 13.6. The SMILES string of the molecule is C[C@H](OC(=O)CNC(=O)Cc1cccc2ccccc12)C(=O)NCCC1=CCCCC1. The molecule has 0 fully saturated rings. The second-order valence-corrected chi connectivity index (χ2v) is 7.87. The monoisotopic (exact) mass is 422 g/mol. The molecule has 1 atom stereocenters. The minimum Gasteiger partial charge on any atom is -0.451 e. The van der Waals surface area contributed by atoms with Gasteiger partial charge in [0.25, 0.3) is 5.91 Å². The number of esters is 1. The van der Waals surface area contributed by atoms with Crippen LogP contribution in [0, 0.1) is 0 Å². The van der Waals surface area contributed by atoms with Crippen LogP contribution in [-0.2, 0) is 25.5 Å².